The smallest absolute Gasteiger partial charge is 0.403 e. The molecule has 2 rings (SSSR count). The highest BCUT2D eigenvalue weighted by molar-refractivity contribution is 5.34. The lowest BCUT2D eigenvalue weighted by atomic mass is 10.0. The third-order valence-corrected chi connectivity index (χ3v) is 2.62. The first-order valence-electron chi connectivity index (χ1n) is 5.69. The summed E-state index contributed by atoms with van der Waals surface area (Å²) in [6.07, 6.45) is -3.70. The summed E-state index contributed by atoms with van der Waals surface area (Å²) in [6, 6.07) is 4.01. The first kappa shape index (κ1) is 15.2. The van der Waals surface area contributed by atoms with Crippen molar-refractivity contribution < 1.29 is 26.7 Å². The molecule has 2 aromatic rings. The number of nitrogens with two attached hydrogens (primary N) is 1. The van der Waals surface area contributed by atoms with Crippen molar-refractivity contribution in [2.45, 2.75) is 12.4 Å². The molecule has 0 amide bonds. The van der Waals surface area contributed by atoms with Crippen LogP contribution in [0.4, 0.5) is 22.0 Å². The minimum Gasteiger partial charge on any atom is -0.403 e. The minimum absolute atomic E-state index is 0.0691. The largest absolute Gasteiger partial charge is 0.573 e. The Hall–Kier alpha value is -2.22. The van der Waals surface area contributed by atoms with E-state index in [4.69, 9.17) is 5.73 Å². The third-order valence-electron chi connectivity index (χ3n) is 2.62. The molecule has 0 saturated carbocycles. The molecule has 1 aromatic carbocycles. The van der Waals surface area contributed by atoms with E-state index in [0.29, 0.717) is 0 Å². The SMILES string of the molecule is NC(c1ccc(OC(F)(F)F)c(F)c1)c1ncccc1F. The zero-order valence-corrected chi connectivity index (χ0v) is 10.4. The van der Waals surface area contributed by atoms with Gasteiger partial charge in [0.15, 0.2) is 11.6 Å². The van der Waals surface area contributed by atoms with Crippen molar-refractivity contribution in [3.8, 4) is 5.75 Å². The maximum absolute atomic E-state index is 13.6. The first-order chi connectivity index (χ1) is 9.78. The van der Waals surface area contributed by atoms with Gasteiger partial charge in [-0.25, -0.2) is 8.78 Å². The van der Waals surface area contributed by atoms with Crippen molar-refractivity contribution in [2.75, 3.05) is 0 Å². The Kier molecular flexibility index (Phi) is 4.08. The maximum Gasteiger partial charge on any atom is 0.573 e. The molecule has 3 nitrogen and oxygen atoms in total. The summed E-state index contributed by atoms with van der Waals surface area (Å²) in [4.78, 5) is 3.73. The van der Waals surface area contributed by atoms with E-state index < -0.39 is 29.8 Å². The summed E-state index contributed by atoms with van der Waals surface area (Å²) in [7, 11) is 0. The van der Waals surface area contributed by atoms with Gasteiger partial charge in [0.2, 0.25) is 0 Å². The third kappa shape index (κ3) is 3.66. The Morgan fingerprint density at radius 3 is 2.38 bits per heavy atom. The number of hydrogen-bond acceptors (Lipinski definition) is 3. The number of pyridine rings is 1. The van der Waals surface area contributed by atoms with E-state index in [2.05, 4.69) is 9.72 Å². The van der Waals surface area contributed by atoms with Gasteiger partial charge in [0.25, 0.3) is 0 Å². The van der Waals surface area contributed by atoms with Gasteiger partial charge in [0, 0.05) is 6.20 Å². The monoisotopic (exact) mass is 304 g/mol. The molecule has 21 heavy (non-hydrogen) atoms. The van der Waals surface area contributed by atoms with Gasteiger partial charge in [-0.1, -0.05) is 6.07 Å². The van der Waals surface area contributed by atoms with Gasteiger partial charge in [0.05, 0.1) is 11.7 Å². The Labute approximate surface area is 116 Å². The number of aromatic nitrogens is 1. The molecule has 1 atom stereocenters. The van der Waals surface area contributed by atoms with Crippen LogP contribution in [0.2, 0.25) is 0 Å². The van der Waals surface area contributed by atoms with Crippen LogP contribution in [0.15, 0.2) is 36.5 Å². The average Bonchev–Trinajstić information content (AvgIpc) is 2.39. The Morgan fingerprint density at radius 1 is 1.10 bits per heavy atom. The van der Waals surface area contributed by atoms with Gasteiger partial charge in [0.1, 0.15) is 5.82 Å². The van der Waals surface area contributed by atoms with Crippen LogP contribution in [-0.2, 0) is 0 Å². The van der Waals surface area contributed by atoms with E-state index in [9.17, 15) is 22.0 Å². The molecular weight excluding hydrogens is 295 g/mol. The molecule has 0 aliphatic heterocycles. The van der Waals surface area contributed by atoms with Crippen LogP contribution in [-0.4, -0.2) is 11.3 Å². The van der Waals surface area contributed by atoms with Crippen LogP contribution < -0.4 is 10.5 Å². The highest BCUT2D eigenvalue weighted by Crippen LogP contribution is 2.29. The van der Waals surface area contributed by atoms with Crippen molar-refractivity contribution in [3.05, 3.63) is 59.4 Å². The first-order valence-corrected chi connectivity index (χ1v) is 5.69. The predicted molar refractivity (Wildman–Crippen MR) is 63.3 cm³/mol. The molecule has 2 N–H and O–H groups in total. The summed E-state index contributed by atoms with van der Waals surface area (Å²) >= 11 is 0. The molecule has 0 saturated heterocycles. The van der Waals surface area contributed by atoms with Gasteiger partial charge < -0.3 is 10.5 Å². The van der Waals surface area contributed by atoms with E-state index in [-0.39, 0.29) is 11.3 Å². The normalized spacial score (nSPS) is 13.0. The Balaban J connectivity index is 2.30. The van der Waals surface area contributed by atoms with Crippen LogP contribution >= 0.6 is 0 Å². The van der Waals surface area contributed by atoms with E-state index >= 15 is 0 Å². The highest BCUT2D eigenvalue weighted by atomic mass is 19.4. The van der Waals surface area contributed by atoms with Crippen LogP contribution in [0.1, 0.15) is 17.3 Å². The summed E-state index contributed by atoms with van der Waals surface area (Å²) in [6.45, 7) is 0. The second kappa shape index (κ2) is 5.65. The fourth-order valence-electron chi connectivity index (χ4n) is 1.70. The molecule has 0 fully saturated rings. The standard InChI is InChI=1S/C13H9F5N2O/c14-8-2-1-5-20-12(8)11(19)7-3-4-10(9(15)6-7)21-13(16,17)18/h1-6,11H,19H2. The zero-order chi connectivity index (χ0) is 15.6. The van der Waals surface area contributed by atoms with Crippen LogP contribution in [0, 0.1) is 11.6 Å². The van der Waals surface area contributed by atoms with Crippen molar-refractivity contribution >= 4 is 0 Å². The van der Waals surface area contributed by atoms with Crippen molar-refractivity contribution in [1.82, 2.24) is 4.98 Å². The second-order valence-electron chi connectivity index (χ2n) is 4.09. The van der Waals surface area contributed by atoms with E-state index in [0.717, 1.165) is 24.3 Å². The predicted octanol–water partition coefficient (Wildman–Crippen LogP) is 3.31. The molecule has 0 bridgehead atoms. The molecule has 0 aliphatic rings. The number of ether oxygens (including phenoxy) is 1. The Morgan fingerprint density at radius 2 is 1.81 bits per heavy atom. The summed E-state index contributed by atoms with van der Waals surface area (Å²) in [5, 5.41) is 0. The number of benzene rings is 1. The van der Waals surface area contributed by atoms with Gasteiger partial charge >= 0.3 is 6.36 Å². The van der Waals surface area contributed by atoms with Crippen molar-refractivity contribution in [3.63, 3.8) is 0 Å². The van der Waals surface area contributed by atoms with Gasteiger partial charge in [-0.15, -0.1) is 13.2 Å². The lowest BCUT2D eigenvalue weighted by molar-refractivity contribution is -0.275. The number of alkyl halides is 3. The van der Waals surface area contributed by atoms with Gasteiger partial charge in [-0.3, -0.25) is 4.98 Å². The molecule has 1 unspecified atom stereocenters. The van der Waals surface area contributed by atoms with Crippen molar-refractivity contribution in [1.29, 1.82) is 0 Å². The van der Waals surface area contributed by atoms with E-state index in [1.165, 1.54) is 12.3 Å². The molecule has 0 spiro atoms. The molecule has 8 heteroatoms. The number of rotatable bonds is 3. The molecular formula is C13H9F5N2O. The highest BCUT2D eigenvalue weighted by Gasteiger charge is 2.32. The molecule has 0 aliphatic carbocycles. The van der Waals surface area contributed by atoms with E-state index in [1.54, 1.807) is 0 Å². The number of halogens is 5. The molecule has 112 valence electrons. The molecule has 1 heterocycles. The second-order valence-corrected chi connectivity index (χ2v) is 4.09. The maximum atomic E-state index is 13.6. The van der Waals surface area contributed by atoms with Crippen LogP contribution in [0.3, 0.4) is 0 Å². The van der Waals surface area contributed by atoms with Gasteiger partial charge in [-0.05, 0) is 29.8 Å². The fourth-order valence-corrected chi connectivity index (χ4v) is 1.70. The summed E-state index contributed by atoms with van der Waals surface area (Å²) < 4.78 is 66.6. The lowest BCUT2D eigenvalue weighted by Gasteiger charge is -2.14. The van der Waals surface area contributed by atoms with Crippen LogP contribution in [0.25, 0.3) is 0 Å². The zero-order valence-electron chi connectivity index (χ0n) is 10.4. The summed E-state index contributed by atoms with van der Waals surface area (Å²) in [5.41, 5.74) is 5.66. The number of hydrogen-bond donors (Lipinski definition) is 1. The molecule has 0 radical (unpaired) electrons. The minimum atomic E-state index is -5.00. The average molecular weight is 304 g/mol. The van der Waals surface area contributed by atoms with Crippen molar-refractivity contribution in [2.24, 2.45) is 5.73 Å². The van der Waals surface area contributed by atoms with Crippen LogP contribution in [0.5, 0.6) is 5.75 Å². The fraction of sp³-hybridized carbons (Fsp3) is 0.154. The number of nitrogens with zero attached hydrogens (tertiary/aromatic N) is 1. The summed E-state index contributed by atoms with van der Waals surface area (Å²) in [5.74, 6) is -2.93. The van der Waals surface area contributed by atoms with E-state index in [1.807, 2.05) is 0 Å². The molecule has 1 aromatic heterocycles. The van der Waals surface area contributed by atoms with Gasteiger partial charge in [-0.2, -0.15) is 0 Å². The topological polar surface area (TPSA) is 48.1 Å². The lowest BCUT2D eigenvalue weighted by Crippen LogP contribution is -2.19. The quantitative estimate of drug-likeness (QED) is 0.885. The Bertz CT molecular complexity index is 645.